The van der Waals surface area contributed by atoms with E-state index in [1.54, 1.807) is 4.90 Å². The summed E-state index contributed by atoms with van der Waals surface area (Å²) in [5.74, 6) is -1.39. The molecular weight excluding hydrogens is 326 g/mol. The second kappa shape index (κ2) is 8.10. The first-order valence-electron chi connectivity index (χ1n) is 8.96. The lowest BCUT2D eigenvalue weighted by atomic mass is 10.1. The summed E-state index contributed by atoms with van der Waals surface area (Å²) in [5.41, 5.74) is 0.155. The van der Waals surface area contributed by atoms with Gasteiger partial charge in [-0.1, -0.05) is 6.42 Å². The Morgan fingerprint density at radius 2 is 1.72 bits per heavy atom. The molecule has 5 nitrogen and oxygen atoms in total. The van der Waals surface area contributed by atoms with Crippen molar-refractivity contribution < 1.29 is 13.6 Å². The number of likely N-dealkylation sites (N-methyl/N-ethyl adjacent to an activating group) is 1. The number of hydrogen-bond acceptors (Lipinski definition) is 3. The highest BCUT2D eigenvalue weighted by Crippen LogP contribution is 2.19. The van der Waals surface area contributed by atoms with Crippen LogP contribution in [-0.4, -0.2) is 73.1 Å². The van der Waals surface area contributed by atoms with Crippen LogP contribution in [0.5, 0.6) is 0 Å². The Bertz CT molecular complexity index is 584. The van der Waals surface area contributed by atoms with Crippen LogP contribution >= 0.6 is 0 Å². The Balaban J connectivity index is 1.62. The van der Waals surface area contributed by atoms with Crippen molar-refractivity contribution in [2.45, 2.75) is 25.3 Å². The van der Waals surface area contributed by atoms with E-state index in [4.69, 9.17) is 0 Å². The van der Waals surface area contributed by atoms with E-state index in [0.717, 1.165) is 63.6 Å². The van der Waals surface area contributed by atoms with Crippen LogP contribution in [0.3, 0.4) is 0 Å². The molecule has 1 N–H and O–H groups in total. The van der Waals surface area contributed by atoms with Crippen LogP contribution in [0.1, 0.15) is 19.3 Å². The van der Waals surface area contributed by atoms with Crippen molar-refractivity contribution in [1.82, 2.24) is 14.7 Å². The number of halogens is 2. The Labute approximate surface area is 147 Å². The molecule has 1 atom stereocenters. The van der Waals surface area contributed by atoms with E-state index in [0.29, 0.717) is 19.1 Å². The van der Waals surface area contributed by atoms with E-state index >= 15 is 0 Å². The average Bonchev–Trinajstić information content (AvgIpc) is 2.81. The minimum absolute atomic E-state index is 0.155. The third-order valence-electron chi connectivity index (χ3n) is 5.10. The van der Waals surface area contributed by atoms with Gasteiger partial charge in [-0.3, -0.25) is 4.90 Å². The van der Waals surface area contributed by atoms with Crippen molar-refractivity contribution in [2.75, 3.05) is 51.6 Å². The molecule has 2 saturated heterocycles. The number of carbonyl (C=O) groups is 1. The van der Waals surface area contributed by atoms with E-state index < -0.39 is 11.6 Å². The molecule has 3 rings (SSSR count). The van der Waals surface area contributed by atoms with Crippen LogP contribution in [0.2, 0.25) is 0 Å². The Hall–Kier alpha value is -1.73. The molecule has 2 amide bonds. The van der Waals surface area contributed by atoms with Gasteiger partial charge in [-0.25, -0.2) is 13.6 Å². The number of rotatable bonds is 2. The quantitative estimate of drug-likeness (QED) is 0.889. The standard InChI is InChI=1S/C18H26F2N4O/c1-22-6-8-23(9-7-22)17-4-2-3-5-24(13-17)18(25)21-16-11-14(19)10-15(20)12-16/h10-12,17H,2-9,13H2,1H3,(H,21,25)/t17-/m0/s1. The maximum Gasteiger partial charge on any atom is 0.321 e. The van der Waals surface area contributed by atoms with Gasteiger partial charge in [0.05, 0.1) is 0 Å². The number of benzene rings is 1. The molecule has 2 fully saturated rings. The molecule has 0 aliphatic carbocycles. The number of hydrogen-bond donors (Lipinski definition) is 1. The number of nitrogens with one attached hydrogen (secondary N) is 1. The van der Waals surface area contributed by atoms with Crippen molar-refractivity contribution in [1.29, 1.82) is 0 Å². The molecule has 2 aliphatic heterocycles. The summed E-state index contributed by atoms with van der Waals surface area (Å²) in [7, 11) is 2.13. The highest BCUT2D eigenvalue weighted by atomic mass is 19.1. The van der Waals surface area contributed by atoms with Gasteiger partial charge in [0.1, 0.15) is 11.6 Å². The van der Waals surface area contributed by atoms with Crippen molar-refractivity contribution in [2.24, 2.45) is 0 Å². The van der Waals surface area contributed by atoms with Crippen LogP contribution in [-0.2, 0) is 0 Å². The lowest BCUT2D eigenvalue weighted by Crippen LogP contribution is -2.52. The molecule has 1 aromatic rings. The highest BCUT2D eigenvalue weighted by molar-refractivity contribution is 5.89. The summed E-state index contributed by atoms with van der Waals surface area (Å²) in [5, 5.41) is 2.63. The van der Waals surface area contributed by atoms with Gasteiger partial charge < -0.3 is 15.1 Å². The molecule has 7 heteroatoms. The largest absolute Gasteiger partial charge is 0.323 e. The second-order valence-corrected chi connectivity index (χ2v) is 7.02. The fourth-order valence-corrected chi connectivity index (χ4v) is 3.62. The van der Waals surface area contributed by atoms with Crippen molar-refractivity contribution in [3.8, 4) is 0 Å². The predicted molar refractivity (Wildman–Crippen MR) is 93.7 cm³/mol. The average molecular weight is 352 g/mol. The number of urea groups is 1. The molecule has 25 heavy (non-hydrogen) atoms. The number of anilines is 1. The molecule has 0 saturated carbocycles. The number of carbonyl (C=O) groups excluding carboxylic acids is 1. The molecule has 0 unspecified atom stereocenters. The molecule has 0 spiro atoms. The van der Waals surface area contributed by atoms with Gasteiger partial charge in [-0.2, -0.15) is 0 Å². The van der Waals surface area contributed by atoms with Crippen LogP contribution in [0.4, 0.5) is 19.3 Å². The van der Waals surface area contributed by atoms with Gasteiger partial charge in [0.2, 0.25) is 0 Å². The fourth-order valence-electron chi connectivity index (χ4n) is 3.62. The zero-order valence-electron chi connectivity index (χ0n) is 14.7. The van der Waals surface area contributed by atoms with E-state index in [2.05, 4.69) is 22.2 Å². The van der Waals surface area contributed by atoms with E-state index in [-0.39, 0.29) is 11.7 Å². The first-order chi connectivity index (χ1) is 12.0. The zero-order chi connectivity index (χ0) is 17.8. The maximum absolute atomic E-state index is 13.3. The van der Waals surface area contributed by atoms with Crippen molar-refractivity contribution in [3.05, 3.63) is 29.8 Å². The number of piperazine rings is 1. The third-order valence-corrected chi connectivity index (χ3v) is 5.10. The van der Waals surface area contributed by atoms with Crippen LogP contribution in [0.15, 0.2) is 18.2 Å². The highest BCUT2D eigenvalue weighted by Gasteiger charge is 2.28. The summed E-state index contributed by atoms with van der Waals surface area (Å²) < 4.78 is 26.6. The lowest BCUT2D eigenvalue weighted by Gasteiger charge is -2.39. The topological polar surface area (TPSA) is 38.8 Å². The predicted octanol–water partition coefficient (Wildman–Crippen LogP) is 2.60. The lowest BCUT2D eigenvalue weighted by molar-refractivity contribution is 0.0948. The molecule has 0 bridgehead atoms. The minimum Gasteiger partial charge on any atom is -0.323 e. The maximum atomic E-state index is 13.3. The van der Waals surface area contributed by atoms with Crippen LogP contribution < -0.4 is 5.32 Å². The van der Waals surface area contributed by atoms with Gasteiger partial charge in [-0.05, 0) is 32.0 Å². The first-order valence-corrected chi connectivity index (χ1v) is 8.96. The summed E-state index contributed by atoms with van der Waals surface area (Å²) in [4.78, 5) is 19.1. The Morgan fingerprint density at radius 1 is 1.04 bits per heavy atom. The van der Waals surface area contributed by atoms with E-state index in [1.165, 1.54) is 0 Å². The first kappa shape index (κ1) is 18.1. The second-order valence-electron chi connectivity index (χ2n) is 7.02. The monoisotopic (exact) mass is 352 g/mol. The normalized spacial score (nSPS) is 23.3. The summed E-state index contributed by atoms with van der Waals surface area (Å²) in [6.07, 6.45) is 3.13. The fraction of sp³-hybridized carbons (Fsp3) is 0.611. The molecule has 0 radical (unpaired) electrons. The van der Waals surface area contributed by atoms with Gasteiger partial charge in [0, 0.05) is 57.1 Å². The van der Waals surface area contributed by atoms with Gasteiger partial charge >= 0.3 is 6.03 Å². The molecule has 138 valence electrons. The Kier molecular flexibility index (Phi) is 5.86. The van der Waals surface area contributed by atoms with E-state index in [9.17, 15) is 13.6 Å². The van der Waals surface area contributed by atoms with Crippen LogP contribution in [0.25, 0.3) is 0 Å². The Morgan fingerprint density at radius 3 is 2.40 bits per heavy atom. The van der Waals surface area contributed by atoms with Gasteiger partial charge in [0.15, 0.2) is 0 Å². The molecule has 2 aliphatic rings. The molecule has 2 heterocycles. The van der Waals surface area contributed by atoms with E-state index in [1.807, 2.05) is 0 Å². The van der Waals surface area contributed by atoms with Crippen molar-refractivity contribution >= 4 is 11.7 Å². The molecule has 0 aromatic heterocycles. The number of nitrogens with zero attached hydrogens (tertiary/aromatic N) is 3. The molecular formula is C18H26F2N4O. The van der Waals surface area contributed by atoms with Crippen LogP contribution in [0, 0.1) is 11.6 Å². The summed E-state index contributed by atoms with van der Waals surface area (Å²) in [6, 6.07) is 3.13. The number of amides is 2. The third kappa shape index (κ3) is 4.89. The molecule has 1 aromatic carbocycles. The van der Waals surface area contributed by atoms with Gasteiger partial charge in [-0.15, -0.1) is 0 Å². The smallest absolute Gasteiger partial charge is 0.321 e. The minimum atomic E-state index is -0.693. The SMILES string of the molecule is CN1CCN([C@H]2CCCCN(C(=O)Nc3cc(F)cc(F)c3)C2)CC1. The zero-order valence-corrected chi connectivity index (χ0v) is 14.7. The summed E-state index contributed by atoms with van der Waals surface area (Å²) in [6.45, 7) is 5.47. The van der Waals surface area contributed by atoms with Crippen molar-refractivity contribution in [3.63, 3.8) is 0 Å². The van der Waals surface area contributed by atoms with Gasteiger partial charge in [0.25, 0.3) is 0 Å². The number of likely N-dealkylation sites (tertiary alicyclic amines) is 1. The summed E-state index contributed by atoms with van der Waals surface area (Å²) >= 11 is 0.